The fourth-order valence-corrected chi connectivity index (χ4v) is 1.84. The molecule has 0 aliphatic heterocycles. The van der Waals surface area contributed by atoms with Crippen LogP contribution >= 0.6 is 11.6 Å². The molecule has 17 heavy (non-hydrogen) atoms. The molecule has 90 valence electrons. The molecule has 1 atom stereocenters. The van der Waals surface area contributed by atoms with Gasteiger partial charge in [-0.15, -0.1) is 0 Å². The monoisotopic (exact) mass is 254 g/mol. The molecule has 4 nitrogen and oxygen atoms in total. The van der Waals surface area contributed by atoms with E-state index in [-0.39, 0.29) is 11.1 Å². The molecular weight excluding hydrogens is 243 g/mol. The number of nitrogens with zero attached hydrogens (tertiary/aromatic N) is 2. The van der Waals surface area contributed by atoms with Crippen molar-refractivity contribution in [2.45, 2.75) is 12.5 Å². The zero-order chi connectivity index (χ0) is 12.3. The molecule has 0 saturated heterocycles. The lowest BCUT2D eigenvalue weighted by molar-refractivity contribution is 0.572. The summed E-state index contributed by atoms with van der Waals surface area (Å²) in [4.78, 5) is 0. The Morgan fingerprint density at radius 2 is 2.35 bits per heavy atom. The van der Waals surface area contributed by atoms with Crippen LogP contribution in [-0.4, -0.2) is 22.5 Å². The molecule has 1 heterocycles. The fourth-order valence-electron chi connectivity index (χ4n) is 1.64. The zero-order valence-electron chi connectivity index (χ0n) is 9.24. The van der Waals surface area contributed by atoms with Crippen molar-refractivity contribution in [2.75, 3.05) is 7.05 Å². The van der Waals surface area contributed by atoms with Gasteiger partial charge in [-0.2, -0.15) is 15.4 Å². The normalized spacial score (nSPS) is 12.6. The first-order valence-corrected chi connectivity index (χ1v) is 5.55. The van der Waals surface area contributed by atoms with Crippen LogP contribution in [0.15, 0.2) is 24.4 Å². The standard InChI is InChI=1S/C11H12ClFN4/c1-14-10(11-6-15-17-16-11)5-7-2-3-9(13)8(12)4-7/h2-4,6,10,14H,5H2,1H3,(H,15,16,17). The Labute approximate surface area is 103 Å². The van der Waals surface area contributed by atoms with E-state index in [0.29, 0.717) is 6.42 Å². The van der Waals surface area contributed by atoms with E-state index in [9.17, 15) is 4.39 Å². The second kappa shape index (κ2) is 5.25. The topological polar surface area (TPSA) is 53.6 Å². The molecule has 0 aliphatic carbocycles. The van der Waals surface area contributed by atoms with Gasteiger partial charge in [0.15, 0.2) is 0 Å². The van der Waals surface area contributed by atoms with Crippen LogP contribution in [-0.2, 0) is 6.42 Å². The van der Waals surface area contributed by atoms with Crippen LogP contribution in [0.3, 0.4) is 0 Å². The number of aromatic nitrogens is 3. The van der Waals surface area contributed by atoms with E-state index in [1.165, 1.54) is 6.07 Å². The highest BCUT2D eigenvalue weighted by Crippen LogP contribution is 2.20. The van der Waals surface area contributed by atoms with Gasteiger partial charge in [0, 0.05) is 0 Å². The molecule has 0 bridgehead atoms. The highest BCUT2D eigenvalue weighted by molar-refractivity contribution is 6.30. The van der Waals surface area contributed by atoms with Crippen molar-refractivity contribution in [3.63, 3.8) is 0 Å². The number of nitrogens with one attached hydrogen (secondary N) is 2. The molecule has 1 unspecified atom stereocenters. The van der Waals surface area contributed by atoms with Crippen LogP contribution in [0, 0.1) is 5.82 Å². The Hall–Kier alpha value is -1.46. The molecule has 1 aromatic carbocycles. The Kier molecular flexibility index (Phi) is 3.71. The quantitative estimate of drug-likeness (QED) is 0.879. The Bertz CT molecular complexity index is 486. The Morgan fingerprint density at radius 3 is 2.94 bits per heavy atom. The number of aromatic amines is 1. The molecule has 2 rings (SSSR count). The molecule has 2 aromatic rings. The SMILES string of the molecule is CNC(Cc1ccc(F)c(Cl)c1)c1cn[nH]n1. The Morgan fingerprint density at radius 1 is 1.53 bits per heavy atom. The smallest absolute Gasteiger partial charge is 0.141 e. The van der Waals surface area contributed by atoms with Gasteiger partial charge in [0.05, 0.1) is 23.0 Å². The van der Waals surface area contributed by atoms with Gasteiger partial charge in [-0.25, -0.2) is 4.39 Å². The maximum absolute atomic E-state index is 13.0. The number of H-pyrrole nitrogens is 1. The molecule has 6 heteroatoms. The Balaban J connectivity index is 2.16. The fraction of sp³-hybridized carbons (Fsp3) is 0.273. The summed E-state index contributed by atoms with van der Waals surface area (Å²) in [5, 5.41) is 13.6. The van der Waals surface area contributed by atoms with Crippen LogP contribution in [0.2, 0.25) is 5.02 Å². The summed E-state index contributed by atoms with van der Waals surface area (Å²) in [6.07, 6.45) is 2.33. The average molecular weight is 255 g/mol. The predicted molar refractivity (Wildman–Crippen MR) is 63.3 cm³/mol. The van der Waals surface area contributed by atoms with Gasteiger partial charge in [0.25, 0.3) is 0 Å². The molecule has 0 amide bonds. The third-order valence-corrected chi connectivity index (χ3v) is 2.85. The number of likely N-dealkylation sites (N-methyl/N-ethyl adjacent to an activating group) is 1. The molecule has 0 saturated carbocycles. The largest absolute Gasteiger partial charge is 0.311 e. The molecule has 1 aromatic heterocycles. The van der Waals surface area contributed by atoms with Gasteiger partial charge in [-0.1, -0.05) is 17.7 Å². The summed E-state index contributed by atoms with van der Waals surface area (Å²) in [5.41, 5.74) is 1.76. The van der Waals surface area contributed by atoms with E-state index in [4.69, 9.17) is 11.6 Å². The van der Waals surface area contributed by atoms with Crippen molar-refractivity contribution in [3.8, 4) is 0 Å². The van der Waals surface area contributed by atoms with Crippen LogP contribution in [0.5, 0.6) is 0 Å². The van der Waals surface area contributed by atoms with Gasteiger partial charge < -0.3 is 5.32 Å². The minimum absolute atomic E-state index is 0.0234. The lowest BCUT2D eigenvalue weighted by atomic mass is 10.0. The highest BCUT2D eigenvalue weighted by Gasteiger charge is 2.13. The van der Waals surface area contributed by atoms with Gasteiger partial charge in [-0.05, 0) is 31.2 Å². The lowest BCUT2D eigenvalue weighted by Crippen LogP contribution is -2.19. The second-order valence-corrected chi connectivity index (χ2v) is 4.10. The van der Waals surface area contributed by atoms with Crippen molar-refractivity contribution in [2.24, 2.45) is 0 Å². The number of benzene rings is 1. The first-order chi connectivity index (χ1) is 8.20. The summed E-state index contributed by atoms with van der Waals surface area (Å²) in [6, 6.07) is 4.73. The number of hydrogen-bond donors (Lipinski definition) is 2. The third kappa shape index (κ3) is 2.81. The second-order valence-electron chi connectivity index (χ2n) is 3.69. The van der Waals surface area contributed by atoms with Crippen LogP contribution in [0.4, 0.5) is 4.39 Å². The van der Waals surface area contributed by atoms with E-state index in [1.54, 1.807) is 18.3 Å². The number of hydrogen-bond acceptors (Lipinski definition) is 3. The highest BCUT2D eigenvalue weighted by atomic mass is 35.5. The van der Waals surface area contributed by atoms with Gasteiger partial charge in [0.2, 0.25) is 0 Å². The average Bonchev–Trinajstić information content (AvgIpc) is 2.84. The van der Waals surface area contributed by atoms with Gasteiger partial charge in [0.1, 0.15) is 5.82 Å². The summed E-state index contributed by atoms with van der Waals surface area (Å²) in [6.45, 7) is 0. The van der Waals surface area contributed by atoms with E-state index < -0.39 is 5.82 Å². The summed E-state index contributed by atoms with van der Waals surface area (Å²) in [5.74, 6) is -0.405. The minimum Gasteiger partial charge on any atom is -0.311 e. The van der Waals surface area contributed by atoms with Crippen molar-refractivity contribution in [3.05, 3.63) is 46.5 Å². The van der Waals surface area contributed by atoms with E-state index >= 15 is 0 Å². The molecule has 2 N–H and O–H groups in total. The van der Waals surface area contributed by atoms with Gasteiger partial charge in [-0.3, -0.25) is 0 Å². The van der Waals surface area contributed by atoms with Crippen molar-refractivity contribution in [1.29, 1.82) is 0 Å². The zero-order valence-corrected chi connectivity index (χ0v) is 10.0. The molecule has 0 fully saturated rings. The molecular formula is C11H12ClFN4. The first-order valence-electron chi connectivity index (χ1n) is 5.17. The van der Waals surface area contributed by atoms with Crippen LogP contribution in [0.1, 0.15) is 17.3 Å². The molecule has 0 spiro atoms. The van der Waals surface area contributed by atoms with Crippen LogP contribution in [0.25, 0.3) is 0 Å². The van der Waals surface area contributed by atoms with E-state index in [0.717, 1.165) is 11.3 Å². The van der Waals surface area contributed by atoms with Gasteiger partial charge >= 0.3 is 0 Å². The summed E-state index contributed by atoms with van der Waals surface area (Å²) in [7, 11) is 1.84. The predicted octanol–water partition coefficient (Wildman–Crippen LogP) is 2.10. The van der Waals surface area contributed by atoms with Crippen molar-refractivity contribution in [1.82, 2.24) is 20.7 Å². The first kappa shape index (κ1) is 12.0. The maximum atomic E-state index is 13.0. The molecule has 0 radical (unpaired) electrons. The number of rotatable bonds is 4. The number of halogens is 2. The van der Waals surface area contributed by atoms with Crippen molar-refractivity contribution < 1.29 is 4.39 Å². The third-order valence-electron chi connectivity index (χ3n) is 2.56. The lowest BCUT2D eigenvalue weighted by Gasteiger charge is -2.13. The minimum atomic E-state index is -0.405. The van der Waals surface area contributed by atoms with Crippen LogP contribution < -0.4 is 5.32 Å². The molecule has 0 aliphatic rings. The van der Waals surface area contributed by atoms with Crippen molar-refractivity contribution >= 4 is 11.6 Å². The van der Waals surface area contributed by atoms with E-state index in [2.05, 4.69) is 20.7 Å². The summed E-state index contributed by atoms with van der Waals surface area (Å²) >= 11 is 5.74. The maximum Gasteiger partial charge on any atom is 0.141 e. The van der Waals surface area contributed by atoms with E-state index in [1.807, 2.05) is 7.05 Å². The summed E-state index contributed by atoms with van der Waals surface area (Å²) < 4.78 is 13.0.